The van der Waals surface area contributed by atoms with Crippen LogP contribution in [0, 0.1) is 0 Å². The number of aromatic nitrogens is 6. The van der Waals surface area contributed by atoms with Crippen molar-refractivity contribution in [1.82, 2.24) is 29.7 Å². The second-order valence-electron chi connectivity index (χ2n) is 7.15. The van der Waals surface area contributed by atoms with E-state index in [4.69, 9.17) is 21.2 Å². The van der Waals surface area contributed by atoms with Gasteiger partial charge in [0, 0.05) is 11.5 Å². The molecular weight excluding hydrogens is 472 g/mol. The van der Waals surface area contributed by atoms with Gasteiger partial charge in [0.05, 0.1) is 0 Å². The molecule has 2 aromatic carbocycles. The number of para-hydroxylation sites is 2. The summed E-state index contributed by atoms with van der Waals surface area (Å²) in [5.41, 5.74) is 0. The Kier molecular flexibility index (Phi) is 8.52. The van der Waals surface area contributed by atoms with Gasteiger partial charge in [-0.2, -0.15) is 0 Å². The van der Waals surface area contributed by atoms with E-state index in [9.17, 15) is 0 Å². The van der Waals surface area contributed by atoms with Crippen molar-refractivity contribution in [2.45, 2.75) is 36.4 Å². The van der Waals surface area contributed by atoms with Crippen molar-refractivity contribution in [2.75, 3.05) is 23.2 Å². The first kappa shape index (κ1) is 23.8. The second kappa shape index (κ2) is 12.2. The molecule has 34 heavy (non-hydrogen) atoms. The van der Waals surface area contributed by atoms with E-state index in [2.05, 4.69) is 20.4 Å². The number of thioether (sulfide) groups is 2. The monoisotopic (exact) mass is 498 g/mol. The zero-order valence-corrected chi connectivity index (χ0v) is 20.1. The van der Waals surface area contributed by atoms with E-state index >= 15 is 0 Å². The van der Waals surface area contributed by atoms with E-state index in [1.54, 1.807) is 23.5 Å². The predicted molar refractivity (Wildman–Crippen MR) is 133 cm³/mol. The molecule has 2 heterocycles. The molecule has 0 bridgehead atoms. The van der Waals surface area contributed by atoms with Crippen molar-refractivity contribution >= 4 is 23.5 Å². The lowest BCUT2D eigenvalue weighted by atomic mass is 10.3. The number of nitrogen functional groups attached to an aromatic ring is 2. The van der Waals surface area contributed by atoms with Gasteiger partial charge in [0.25, 0.3) is 0 Å². The van der Waals surface area contributed by atoms with Crippen LogP contribution in [-0.2, 0) is 13.2 Å². The van der Waals surface area contributed by atoms with E-state index in [1.807, 2.05) is 60.7 Å². The van der Waals surface area contributed by atoms with Crippen LogP contribution in [0.3, 0.4) is 0 Å². The van der Waals surface area contributed by atoms with Gasteiger partial charge in [-0.15, -0.1) is 20.4 Å². The van der Waals surface area contributed by atoms with E-state index in [-0.39, 0.29) is 13.2 Å². The molecule has 0 unspecified atom stereocenters. The van der Waals surface area contributed by atoms with Crippen LogP contribution in [0.4, 0.5) is 0 Å². The Labute approximate surface area is 206 Å². The predicted octanol–water partition coefficient (Wildman–Crippen LogP) is 3.12. The number of nitrogens with two attached hydrogens (primary N) is 2. The van der Waals surface area contributed by atoms with Crippen molar-refractivity contribution in [2.24, 2.45) is 0 Å². The Morgan fingerprint density at radius 1 is 0.618 bits per heavy atom. The molecule has 0 aliphatic rings. The highest BCUT2D eigenvalue weighted by molar-refractivity contribution is 7.99. The summed E-state index contributed by atoms with van der Waals surface area (Å²) in [7, 11) is 0. The fourth-order valence-electron chi connectivity index (χ4n) is 2.87. The fraction of sp³-hybridized carbons (Fsp3) is 0.273. The summed E-state index contributed by atoms with van der Waals surface area (Å²) in [6.07, 6.45) is 1.98. The highest BCUT2D eigenvalue weighted by Crippen LogP contribution is 2.21. The molecular formula is C22H26N8O2S2. The van der Waals surface area contributed by atoms with Crippen LogP contribution >= 0.6 is 23.5 Å². The number of rotatable bonds is 13. The topological polar surface area (TPSA) is 132 Å². The lowest BCUT2D eigenvalue weighted by molar-refractivity contribution is 0.291. The second-order valence-corrected chi connectivity index (χ2v) is 9.27. The lowest BCUT2D eigenvalue weighted by Gasteiger charge is -2.06. The highest BCUT2D eigenvalue weighted by Gasteiger charge is 2.12. The molecule has 0 aliphatic carbocycles. The Balaban J connectivity index is 1.13. The van der Waals surface area contributed by atoms with Crippen LogP contribution < -0.4 is 21.2 Å². The van der Waals surface area contributed by atoms with Gasteiger partial charge in [0.2, 0.25) is 10.3 Å². The van der Waals surface area contributed by atoms with Crippen LogP contribution in [0.15, 0.2) is 71.0 Å². The van der Waals surface area contributed by atoms with Crippen LogP contribution in [0.1, 0.15) is 24.5 Å². The maximum Gasteiger partial charge on any atom is 0.209 e. The third-order valence-electron chi connectivity index (χ3n) is 4.69. The Bertz CT molecular complexity index is 1060. The third-order valence-corrected chi connectivity index (χ3v) is 6.75. The summed E-state index contributed by atoms with van der Waals surface area (Å²) in [6, 6.07) is 19.1. The quantitative estimate of drug-likeness (QED) is 0.161. The van der Waals surface area contributed by atoms with Gasteiger partial charge in [0.1, 0.15) is 24.7 Å². The summed E-state index contributed by atoms with van der Waals surface area (Å²) in [4.78, 5) is 0. The largest absolute Gasteiger partial charge is 0.486 e. The first-order valence-corrected chi connectivity index (χ1v) is 12.7. The van der Waals surface area contributed by atoms with Gasteiger partial charge in [-0.3, -0.25) is 0 Å². The fourth-order valence-corrected chi connectivity index (χ4v) is 4.62. The van der Waals surface area contributed by atoms with E-state index < -0.39 is 0 Å². The van der Waals surface area contributed by atoms with Gasteiger partial charge in [-0.05, 0) is 37.1 Å². The number of ether oxygens (including phenoxy) is 2. The van der Waals surface area contributed by atoms with Crippen molar-refractivity contribution in [3.63, 3.8) is 0 Å². The number of hydrogen-bond donors (Lipinski definition) is 2. The molecule has 0 amide bonds. The Morgan fingerprint density at radius 3 is 1.44 bits per heavy atom. The molecule has 0 spiro atoms. The van der Waals surface area contributed by atoms with Crippen molar-refractivity contribution < 1.29 is 9.47 Å². The molecule has 0 radical (unpaired) electrons. The summed E-state index contributed by atoms with van der Waals surface area (Å²) >= 11 is 3.15. The van der Waals surface area contributed by atoms with Crippen LogP contribution in [-0.4, -0.2) is 41.3 Å². The maximum atomic E-state index is 6.11. The molecule has 10 nitrogen and oxygen atoms in total. The molecule has 178 valence electrons. The minimum Gasteiger partial charge on any atom is -0.486 e. The average Bonchev–Trinajstić information content (AvgIpc) is 3.41. The summed E-state index contributed by atoms with van der Waals surface area (Å²) in [6.45, 7) is 0.533. The minimum atomic E-state index is 0.267. The summed E-state index contributed by atoms with van der Waals surface area (Å²) in [5, 5.41) is 17.9. The normalized spacial score (nSPS) is 10.9. The SMILES string of the molecule is Nn1c(COc2ccccc2)nnc1SCCCCSc1nnc(COc2ccccc2)n1N. The standard InChI is InChI=1S/C22H26N8O2S2/c23-29-19(15-31-17-9-3-1-4-10-17)25-27-21(29)33-13-7-8-14-34-22-28-26-20(30(22)24)16-32-18-11-5-2-6-12-18/h1-6,9-12H,7-8,13-16,23-24H2. The molecule has 4 rings (SSSR count). The van der Waals surface area contributed by atoms with Crippen LogP contribution in [0.2, 0.25) is 0 Å². The minimum absolute atomic E-state index is 0.267. The van der Waals surface area contributed by atoms with Crippen molar-refractivity contribution in [3.05, 3.63) is 72.3 Å². The molecule has 12 heteroatoms. The molecule has 4 N–H and O–H groups in total. The van der Waals surface area contributed by atoms with Gasteiger partial charge in [-0.1, -0.05) is 59.9 Å². The summed E-state index contributed by atoms with van der Waals surface area (Å²) < 4.78 is 14.3. The maximum absolute atomic E-state index is 6.11. The molecule has 0 saturated heterocycles. The van der Waals surface area contributed by atoms with Crippen molar-refractivity contribution in [3.8, 4) is 11.5 Å². The van der Waals surface area contributed by atoms with Crippen molar-refractivity contribution in [1.29, 1.82) is 0 Å². The molecule has 2 aromatic heterocycles. The van der Waals surface area contributed by atoms with Gasteiger partial charge in [0.15, 0.2) is 11.6 Å². The number of benzene rings is 2. The highest BCUT2D eigenvalue weighted by atomic mass is 32.2. The first-order chi connectivity index (χ1) is 16.7. The Hall–Kier alpha value is -3.38. The summed E-state index contributed by atoms with van der Waals surface area (Å²) in [5.74, 6) is 16.7. The third kappa shape index (κ3) is 6.58. The van der Waals surface area contributed by atoms with E-state index in [1.165, 1.54) is 9.35 Å². The van der Waals surface area contributed by atoms with Gasteiger partial charge >= 0.3 is 0 Å². The molecule has 4 aromatic rings. The smallest absolute Gasteiger partial charge is 0.209 e. The number of hydrogen-bond acceptors (Lipinski definition) is 10. The molecule has 0 atom stereocenters. The van der Waals surface area contributed by atoms with E-state index in [0.717, 1.165) is 35.8 Å². The number of unbranched alkanes of at least 4 members (excludes halogenated alkanes) is 1. The van der Waals surface area contributed by atoms with Gasteiger partial charge < -0.3 is 21.2 Å². The number of nitrogens with zero attached hydrogens (tertiary/aromatic N) is 6. The first-order valence-electron chi connectivity index (χ1n) is 10.7. The molecule has 0 fully saturated rings. The average molecular weight is 499 g/mol. The lowest BCUT2D eigenvalue weighted by Crippen LogP contribution is -2.16. The molecule has 0 aliphatic heterocycles. The van der Waals surface area contributed by atoms with Gasteiger partial charge in [-0.25, -0.2) is 9.35 Å². The zero-order valence-electron chi connectivity index (χ0n) is 18.5. The molecule has 0 saturated carbocycles. The Morgan fingerprint density at radius 2 is 1.03 bits per heavy atom. The zero-order chi connectivity index (χ0) is 23.6. The van der Waals surface area contributed by atoms with Crippen LogP contribution in [0.5, 0.6) is 11.5 Å². The van der Waals surface area contributed by atoms with Crippen LogP contribution in [0.25, 0.3) is 0 Å². The van der Waals surface area contributed by atoms with E-state index in [0.29, 0.717) is 22.0 Å².